The Bertz CT molecular complexity index is 1270. The molecule has 0 aliphatic heterocycles. The molecule has 7 nitrogen and oxygen atoms in total. The van der Waals surface area contributed by atoms with Crippen LogP contribution in [0.25, 0.3) is 16.7 Å². The van der Waals surface area contributed by atoms with Gasteiger partial charge in [-0.1, -0.05) is 6.07 Å². The van der Waals surface area contributed by atoms with Gasteiger partial charge < -0.3 is 15.1 Å². The van der Waals surface area contributed by atoms with E-state index in [0.29, 0.717) is 22.5 Å². The largest absolute Gasteiger partial charge is 0.443 e. The molecule has 166 valence electrons. The van der Waals surface area contributed by atoms with E-state index in [0.717, 1.165) is 31.9 Å². The molecule has 10 heteroatoms. The Morgan fingerprint density at radius 2 is 1.88 bits per heavy atom. The fraction of sp³-hybridized carbons (Fsp3) is 0.318. The number of oxazole rings is 1. The van der Waals surface area contributed by atoms with Gasteiger partial charge in [0.15, 0.2) is 17.7 Å². The third-order valence-electron chi connectivity index (χ3n) is 5.79. The minimum absolute atomic E-state index is 0.0341. The molecule has 0 bridgehead atoms. The van der Waals surface area contributed by atoms with Crippen LogP contribution in [0.15, 0.2) is 53.4 Å². The van der Waals surface area contributed by atoms with Crippen molar-refractivity contribution in [3.05, 3.63) is 60.2 Å². The quantitative estimate of drug-likeness (QED) is 0.480. The van der Waals surface area contributed by atoms with Crippen LogP contribution in [0.2, 0.25) is 0 Å². The molecule has 1 fully saturated rings. The Hall–Kier alpha value is -3.56. The summed E-state index contributed by atoms with van der Waals surface area (Å²) >= 11 is 0. The average molecular weight is 443 g/mol. The second-order valence-electron chi connectivity index (χ2n) is 7.96. The molecular formula is C22H20F3N5O2. The smallest absolute Gasteiger partial charge is 0.434 e. The summed E-state index contributed by atoms with van der Waals surface area (Å²) in [5, 5.41) is 6.39. The van der Waals surface area contributed by atoms with Crippen LogP contribution in [0.1, 0.15) is 41.7 Å². The first-order chi connectivity index (χ1) is 15.4. The molecule has 1 aliphatic carbocycles. The molecular weight excluding hydrogens is 423 g/mol. The van der Waals surface area contributed by atoms with E-state index >= 15 is 0 Å². The zero-order valence-corrected chi connectivity index (χ0v) is 16.9. The van der Waals surface area contributed by atoms with Crippen LogP contribution in [0, 0.1) is 0 Å². The normalized spacial score (nSPS) is 19.3. The predicted octanol–water partition coefficient (Wildman–Crippen LogP) is 4.65. The Morgan fingerprint density at radius 3 is 2.66 bits per heavy atom. The maximum Gasteiger partial charge on any atom is 0.434 e. The van der Waals surface area contributed by atoms with Gasteiger partial charge in [0.05, 0.1) is 0 Å². The molecule has 4 aromatic rings. The van der Waals surface area contributed by atoms with Crippen molar-refractivity contribution < 1.29 is 22.4 Å². The number of nitrogens with one attached hydrogen (secondary N) is 2. The third kappa shape index (κ3) is 4.00. The summed E-state index contributed by atoms with van der Waals surface area (Å²) in [5.41, 5.74) is 1.10. The predicted molar refractivity (Wildman–Crippen MR) is 111 cm³/mol. The zero-order chi connectivity index (χ0) is 22.3. The molecule has 0 spiro atoms. The van der Waals surface area contributed by atoms with Gasteiger partial charge in [-0.05, 0) is 56.0 Å². The van der Waals surface area contributed by atoms with Crippen LogP contribution in [0.5, 0.6) is 0 Å². The number of nitrogens with zero attached hydrogens (tertiary/aromatic N) is 3. The molecule has 1 saturated carbocycles. The maximum absolute atomic E-state index is 13.0. The summed E-state index contributed by atoms with van der Waals surface area (Å²) in [4.78, 5) is 20.3. The first-order valence-corrected chi connectivity index (χ1v) is 10.3. The highest BCUT2D eigenvalue weighted by Gasteiger charge is 2.34. The molecule has 1 aliphatic rings. The number of alkyl halides is 3. The minimum atomic E-state index is -4.49. The fourth-order valence-corrected chi connectivity index (χ4v) is 4.12. The number of imidazole rings is 1. The fourth-order valence-electron chi connectivity index (χ4n) is 4.12. The highest BCUT2D eigenvalue weighted by atomic mass is 19.4. The number of anilines is 1. The van der Waals surface area contributed by atoms with Crippen molar-refractivity contribution in [3.63, 3.8) is 0 Å². The van der Waals surface area contributed by atoms with Crippen LogP contribution in [-0.2, 0) is 6.18 Å². The van der Waals surface area contributed by atoms with Crippen LogP contribution >= 0.6 is 0 Å². The zero-order valence-electron chi connectivity index (χ0n) is 16.9. The van der Waals surface area contributed by atoms with E-state index in [1.165, 1.54) is 10.8 Å². The topological polar surface area (TPSA) is 84.5 Å². The lowest BCUT2D eigenvalue weighted by Crippen LogP contribution is -2.40. The summed E-state index contributed by atoms with van der Waals surface area (Å²) in [7, 11) is 0. The summed E-state index contributed by atoms with van der Waals surface area (Å²) in [6.45, 7) is 0. The summed E-state index contributed by atoms with van der Waals surface area (Å²) in [6, 6.07) is 10.2. The van der Waals surface area contributed by atoms with Gasteiger partial charge in [0, 0.05) is 23.8 Å². The van der Waals surface area contributed by atoms with E-state index in [1.807, 2.05) is 0 Å². The highest BCUT2D eigenvalue weighted by molar-refractivity contribution is 5.97. The van der Waals surface area contributed by atoms with Crippen molar-refractivity contribution in [2.45, 2.75) is 43.9 Å². The van der Waals surface area contributed by atoms with Crippen molar-refractivity contribution in [3.8, 4) is 0 Å². The lowest BCUT2D eigenvalue weighted by atomic mass is 9.91. The van der Waals surface area contributed by atoms with Gasteiger partial charge in [0.1, 0.15) is 17.0 Å². The van der Waals surface area contributed by atoms with E-state index < -0.39 is 11.9 Å². The number of benzene rings is 1. The van der Waals surface area contributed by atoms with Crippen LogP contribution in [0.3, 0.4) is 0 Å². The number of carbonyl (C=O) groups excluding carboxylic acids is 1. The van der Waals surface area contributed by atoms with E-state index in [9.17, 15) is 18.0 Å². The van der Waals surface area contributed by atoms with Crippen molar-refractivity contribution >= 4 is 28.5 Å². The van der Waals surface area contributed by atoms with Gasteiger partial charge >= 0.3 is 6.18 Å². The van der Waals surface area contributed by atoms with E-state index in [2.05, 4.69) is 20.6 Å². The van der Waals surface area contributed by atoms with Gasteiger partial charge in [0.2, 0.25) is 0 Å². The molecule has 0 atom stereocenters. The molecule has 1 aromatic carbocycles. The van der Waals surface area contributed by atoms with Gasteiger partial charge in [-0.2, -0.15) is 13.2 Å². The summed E-state index contributed by atoms with van der Waals surface area (Å²) in [6.07, 6.45) is 0.956. The molecule has 0 radical (unpaired) electrons. The van der Waals surface area contributed by atoms with Crippen molar-refractivity contribution in [2.75, 3.05) is 5.32 Å². The molecule has 0 saturated heterocycles. The van der Waals surface area contributed by atoms with Gasteiger partial charge in [-0.3, -0.25) is 9.20 Å². The van der Waals surface area contributed by atoms with Crippen molar-refractivity contribution in [2.24, 2.45) is 0 Å². The number of fused-ring (bicyclic) bond motifs is 2. The third-order valence-corrected chi connectivity index (χ3v) is 5.79. The highest BCUT2D eigenvalue weighted by Crippen LogP contribution is 2.30. The Labute approximate surface area is 180 Å². The first-order valence-electron chi connectivity index (χ1n) is 10.3. The van der Waals surface area contributed by atoms with E-state index in [-0.39, 0.29) is 23.6 Å². The average Bonchev–Trinajstić information content (AvgIpc) is 3.42. The van der Waals surface area contributed by atoms with E-state index in [4.69, 9.17) is 4.42 Å². The monoisotopic (exact) mass is 443 g/mol. The SMILES string of the molecule is O=C(NC1CCC(Nc2cccc3nc(C(F)(F)F)cn23)CC1)c1ccc2ncoc2c1. The lowest BCUT2D eigenvalue weighted by Gasteiger charge is -2.30. The number of carbonyl (C=O) groups is 1. The lowest BCUT2D eigenvalue weighted by molar-refractivity contribution is -0.140. The maximum atomic E-state index is 13.0. The number of pyridine rings is 1. The van der Waals surface area contributed by atoms with Crippen molar-refractivity contribution in [1.29, 1.82) is 0 Å². The number of hydrogen-bond donors (Lipinski definition) is 2. The number of hydrogen-bond acceptors (Lipinski definition) is 5. The Kier molecular flexibility index (Phi) is 4.99. The first kappa shape index (κ1) is 20.3. The second-order valence-corrected chi connectivity index (χ2v) is 7.96. The van der Waals surface area contributed by atoms with Crippen LogP contribution < -0.4 is 10.6 Å². The second kappa shape index (κ2) is 7.85. The van der Waals surface area contributed by atoms with Crippen LogP contribution in [0.4, 0.5) is 19.0 Å². The molecule has 5 rings (SSSR count). The minimum Gasteiger partial charge on any atom is -0.443 e. The summed E-state index contributed by atoms with van der Waals surface area (Å²) in [5.74, 6) is 0.404. The molecule has 0 unspecified atom stereocenters. The number of rotatable bonds is 4. The summed E-state index contributed by atoms with van der Waals surface area (Å²) < 4.78 is 45.7. The molecule has 2 N–H and O–H groups in total. The number of halogens is 3. The molecule has 32 heavy (non-hydrogen) atoms. The van der Waals surface area contributed by atoms with Gasteiger partial charge in [-0.25, -0.2) is 9.97 Å². The molecule has 1 amide bonds. The van der Waals surface area contributed by atoms with Crippen molar-refractivity contribution in [1.82, 2.24) is 19.7 Å². The molecule has 3 heterocycles. The Balaban J connectivity index is 1.20. The Morgan fingerprint density at radius 1 is 1.09 bits per heavy atom. The number of amides is 1. The van der Waals surface area contributed by atoms with Gasteiger partial charge in [-0.15, -0.1) is 0 Å². The molecule has 3 aromatic heterocycles. The van der Waals surface area contributed by atoms with Gasteiger partial charge in [0.25, 0.3) is 5.91 Å². The number of aromatic nitrogens is 3. The van der Waals surface area contributed by atoms with Crippen LogP contribution in [-0.4, -0.2) is 32.4 Å². The standard InChI is InChI=1S/C22H20F3N5O2/c23-22(24,25)18-11-30-19(2-1-3-20(30)29-18)27-14-5-7-15(8-6-14)28-21(31)13-4-9-16-17(10-13)32-12-26-16/h1-4,9-12,14-15,27H,5-8H2,(H,28,31). The van der Waals surface area contributed by atoms with E-state index in [1.54, 1.807) is 36.4 Å².